The molecule has 0 aliphatic heterocycles. The topological polar surface area (TPSA) is 59.3 Å². The van der Waals surface area contributed by atoms with Gasteiger partial charge in [0.15, 0.2) is 5.78 Å². The van der Waals surface area contributed by atoms with Gasteiger partial charge in [0.25, 0.3) is 0 Å². The lowest BCUT2D eigenvalue weighted by molar-refractivity contribution is 0.0686. The van der Waals surface area contributed by atoms with Crippen molar-refractivity contribution in [2.45, 2.75) is 0 Å². The second-order valence-electron chi connectivity index (χ2n) is 3.99. The van der Waals surface area contributed by atoms with Crippen LogP contribution in [0.25, 0.3) is 0 Å². The fraction of sp³-hybridized carbons (Fsp3) is 0.0769. The molecule has 0 saturated carbocycles. The van der Waals surface area contributed by atoms with Crippen LogP contribution >= 0.6 is 27.5 Å². The molecule has 0 aliphatic carbocycles. The molecular formula is C13H9BrClNO3. The summed E-state index contributed by atoms with van der Waals surface area (Å²) in [5.74, 6) is -1.34. The number of aryl methyl sites for hydroxylation is 1. The summed E-state index contributed by atoms with van der Waals surface area (Å²) in [4.78, 5) is 23.2. The van der Waals surface area contributed by atoms with Crippen LogP contribution in [0.15, 0.2) is 34.9 Å². The molecule has 0 unspecified atom stereocenters. The van der Waals surface area contributed by atoms with Crippen molar-refractivity contribution < 1.29 is 14.7 Å². The fourth-order valence-corrected chi connectivity index (χ4v) is 2.13. The number of hydrogen-bond acceptors (Lipinski definition) is 2. The lowest BCUT2D eigenvalue weighted by Gasteiger charge is -2.00. The van der Waals surface area contributed by atoms with E-state index in [1.807, 2.05) is 0 Å². The number of halogens is 2. The Kier molecular flexibility index (Phi) is 3.78. The number of carbonyl (C=O) groups excluding carboxylic acids is 1. The quantitative estimate of drug-likeness (QED) is 0.870. The van der Waals surface area contributed by atoms with Crippen LogP contribution in [0, 0.1) is 0 Å². The van der Waals surface area contributed by atoms with E-state index in [0.29, 0.717) is 20.6 Å². The number of carboxylic acids is 1. The molecule has 19 heavy (non-hydrogen) atoms. The van der Waals surface area contributed by atoms with E-state index in [1.54, 1.807) is 25.2 Å². The van der Waals surface area contributed by atoms with Crippen LogP contribution in [-0.4, -0.2) is 21.4 Å². The summed E-state index contributed by atoms with van der Waals surface area (Å²) in [6, 6.07) is 6.20. The van der Waals surface area contributed by atoms with Crippen molar-refractivity contribution in [2.24, 2.45) is 7.05 Å². The summed E-state index contributed by atoms with van der Waals surface area (Å²) in [5, 5.41) is 9.38. The third-order valence-corrected chi connectivity index (χ3v) is 3.90. The van der Waals surface area contributed by atoms with Crippen molar-refractivity contribution in [3.8, 4) is 0 Å². The van der Waals surface area contributed by atoms with Crippen LogP contribution in [0.3, 0.4) is 0 Å². The van der Waals surface area contributed by atoms with Gasteiger partial charge in [-0.05, 0) is 40.2 Å². The Morgan fingerprint density at radius 1 is 1.26 bits per heavy atom. The Morgan fingerprint density at radius 2 is 1.95 bits per heavy atom. The molecule has 1 aromatic heterocycles. The van der Waals surface area contributed by atoms with Gasteiger partial charge in [0.2, 0.25) is 0 Å². The van der Waals surface area contributed by atoms with E-state index >= 15 is 0 Å². The van der Waals surface area contributed by atoms with E-state index < -0.39 is 5.97 Å². The van der Waals surface area contributed by atoms with Gasteiger partial charge >= 0.3 is 5.97 Å². The maximum atomic E-state index is 12.2. The number of rotatable bonds is 3. The molecule has 0 aliphatic rings. The van der Waals surface area contributed by atoms with Gasteiger partial charge in [0.1, 0.15) is 5.69 Å². The van der Waals surface area contributed by atoms with Gasteiger partial charge in [-0.1, -0.05) is 11.6 Å². The van der Waals surface area contributed by atoms with Crippen LogP contribution in [0.5, 0.6) is 0 Å². The van der Waals surface area contributed by atoms with E-state index in [4.69, 9.17) is 16.7 Å². The highest BCUT2D eigenvalue weighted by Gasteiger charge is 2.16. The average Bonchev–Trinajstić information content (AvgIpc) is 2.74. The van der Waals surface area contributed by atoms with Crippen LogP contribution in [0.4, 0.5) is 0 Å². The first kappa shape index (κ1) is 13.8. The Labute approximate surface area is 122 Å². The van der Waals surface area contributed by atoms with Gasteiger partial charge in [-0.15, -0.1) is 0 Å². The van der Waals surface area contributed by atoms with Crippen molar-refractivity contribution in [2.75, 3.05) is 0 Å². The number of aromatic carboxylic acids is 1. The number of hydrogen-bond donors (Lipinski definition) is 1. The van der Waals surface area contributed by atoms with Crippen molar-refractivity contribution in [3.05, 3.63) is 56.8 Å². The van der Waals surface area contributed by atoms with Gasteiger partial charge < -0.3 is 9.67 Å². The van der Waals surface area contributed by atoms with E-state index in [9.17, 15) is 9.59 Å². The van der Waals surface area contributed by atoms with Crippen LogP contribution in [-0.2, 0) is 7.05 Å². The molecule has 0 fully saturated rings. The molecule has 98 valence electrons. The molecule has 2 rings (SSSR count). The standard InChI is InChI=1S/C13H9BrClNO3/c1-16-6-8(5-11(16)13(18)19)12(17)7-2-3-9(14)10(15)4-7/h2-6H,1H3,(H,18,19). The minimum Gasteiger partial charge on any atom is -0.477 e. The van der Waals surface area contributed by atoms with E-state index in [1.165, 1.54) is 16.8 Å². The summed E-state index contributed by atoms with van der Waals surface area (Å²) >= 11 is 9.18. The zero-order valence-electron chi connectivity index (χ0n) is 9.85. The Balaban J connectivity index is 2.41. The molecule has 2 aromatic rings. The van der Waals surface area contributed by atoms with Gasteiger partial charge in [-0.3, -0.25) is 4.79 Å². The number of benzene rings is 1. The van der Waals surface area contributed by atoms with E-state index in [-0.39, 0.29) is 11.5 Å². The Bertz CT molecular complexity index is 679. The smallest absolute Gasteiger partial charge is 0.352 e. The zero-order chi connectivity index (χ0) is 14.2. The monoisotopic (exact) mass is 341 g/mol. The highest BCUT2D eigenvalue weighted by Crippen LogP contribution is 2.24. The van der Waals surface area contributed by atoms with Crippen LogP contribution in [0.1, 0.15) is 26.4 Å². The molecule has 6 heteroatoms. The number of ketones is 1. The van der Waals surface area contributed by atoms with Crippen molar-refractivity contribution >= 4 is 39.3 Å². The molecule has 1 N–H and O–H groups in total. The predicted molar refractivity (Wildman–Crippen MR) is 75.0 cm³/mol. The molecule has 0 bridgehead atoms. The minimum absolute atomic E-state index is 0.0616. The maximum Gasteiger partial charge on any atom is 0.352 e. The van der Waals surface area contributed by atoms with Gasteiger partial charge in [0.05, 0.1) is 5.02 Å². The third kappa shape index (κ3) is 2.72. The minimum atomic E-state index is -1.07. The lowest BCUT2D eigenvalue weighted by atomic mass is 10.1. The van der Waals surface area contributed by atoms with Crippen LogP contribution in [0.2, 0.25) is 5.02 Å². The second kappa shape index (κ2) is 5.19. The normalized spacial score (nSPS) is 10.5. The summed E-state index contributed by atoms with van der Waals surface area (Å²) in [6.07, 6.45) is 1.49. The first-order valence-corrected chi connectivity index (χ1v) is 6.46. The molecule has 0 amide bonds. The largest absolute Gasteiger partial charge is 0.477 e. The van der Waals surface area contributed by atoms with Crippen molar-refractivity contribution in [1.82, 2.24) is 4.57 Å². The molecule has 4 nitrogen and oxygen atoms in total. The third-order valence-electron chi connectivity index (χ3n) is 2.67. The van der Waals surface area contributed by atoms with Crippen LogP contribution < -0.4 is 0 Å². The molecule has 1 aromatic carbocycles. The summed E-state index contributed by atoms with van der Waals surface area (Å²) in [5.41, 5.74) is 0.792. The number of carbonyl (C=O) groups is 2. The number of carboxylic acid groups (broad SMARTS) is 1. The summed E-state index contributed by atoms with van der Waals surface area (Å²) in [6.45, 7) is 0. The second-order valence-corrected chi connectivity index (χ2v) is 5.25. The molecule has 0 atom stereocenters. The number of aromatic nitrogens is 1. The first-order valence-electron chi connectivity index (χ1n) is 5.29. The zero-order valence-corrected chi connectivity index (χ0v) is 12.2. The van der Waals surface area contributed by atoms with E-state index in [0.717, 1.165) is 0 Å². The SMILES string of the molecule is Cn1cc(C(=O)c2ccc(Br)c(Cl)c2)cc1C(=O)O. The van der Waals surface area contributed by atoms with Gasteiger partial charge in [-0.2, -0.15) is 0 Å². The van der Waals surface area contributed by atoms with Gasteiger partial charge in [-0.25, -0.2) is 4.79 Å². The average molecular weight is 343 g/mol. The summed E-state index contributed by atoms with van der Waals surface area (Å²) in [7, 11) is 1.58. The maximum absolute atomic E-state index is 12.2. The molecule has 0 spiro atoms. The Morgan fingerprint density at radius 3 is 2.47 bits per heavy atom. The molecule has 0 saturated heterocycles. The molecule has 1 heterocycles. The van der Waals surface area contributed by atoms with E-state index in [2.05, 4.69) is 15.9 Å². The predicted octanol–water partition coefficient (Wildman–Crippen LogP) is 3.37. The molecule has 0 radical (unpaired) electrons. The molecular weight excluding hydrogens is 334 g/mol. The summed E-state index contributed by atoms with van der Waals surface area (Å²) < 4.78 is 2.10. The Hall–Kier alpha value is -1.59. The van der Waals surface area contributed by atoms with Crippen molar-refractivity contribution in [1.29, 1.82) is 0 Å². The van der Waals surface area contributed by atoms with Gasteiger partial charge in [0, 0.05) is 28.8 Å². The fourth-order valence-electron chi connectivity index (χ4n) is 1.71. The van der Waals surface area contributed by atoms with Crippen molar-refractivity contribution in [3.63, 3.8) is 0 Å². The highest BCUT2D eigenvalue weighted by atomic mass is 79.9. The first-order chi connectivity index (χ1) is 8.90. The lowest BCUT2D eigenvalue weighted by Crippen LogP contribution is -2.02. The highest BCUT2D eigenvalue weighted by molar-refractivity contribution is 9.10. The number of nitrogens with zero attached hydrogens (tertiary/aromatic N) is 1.